The third kappa shape index (κ3) is 6.37. The van der Waals surface area contributed by atoms with Crippen molar-refractivity contribution in [3.05, 3.63) is 88.1 Å². The van der Waals surface area contributed by atoms with E-state index >= 15 is 0 Å². The first kappa shape index (κ1) is 28.7. The lowest BCUT2D eigenvalue weighted by molar-refractivity contribution is 0.391. The molecule has 4 aromatic heterocycles. The van der Waals surface area contributed by atoms with Gasteiger partial charge in [-0.05, 0) is 73.6 Å². The van der Waals surface area contributed by atoms with Crippen LogP contribution in [0, 0.1) is 0 Å². The molecular weight excluding hydrogens is 651 g/mol. The van der Waals surface area contributed by atoms with Gasteiger partial charge in [-0.3, -0.25) is 9.55 Å². The van der Waals surface area contributed by atoms with Crippen molar-refractivity contribution in [1.29, 1.82) is 0 Å². The van der Waals surface area contributed by atoms with Crippen LogP contribution in [0.1, 0.15) is 54.9 Å². The lowest BCUT2D eigenvalue weighted by Gasteiger charge is -2.11. The van der Waals surface area contributed by atoms with Crippen molar-refractivity contribution < 1.29 is 9.05 Å². The highest BCUT2D eigenvalue weighted by Crippen LogP contribution is 2.46. The average molecular weight is 676 g/mol. The molecule has 0 N–H and O–H groups in total. The van der Waals surface area contributed by atoms with Gasteiger partial charge in [0.25, 0.3) is 5.89 Å². The van der Waals surface area contributed by atoms with Crippen molar-refractivity contribution in [1.82, 2.24) is 40.0 Å². The minimum Gasteiger partial charge on any atom is -0.338 e. The van der Waals surface area contributed by atoms with Crippen molar-refractivity contribution in [2.45, 2.75) is 59.2 Å². The van der Waals surface area contributed by atoms with E-state index in [4.69, 9.17) is 37.2 Å². The number of nitrogens with zero attached hydrogens (tertiary/aromatic N) is 8. The molecule has 0 atom stereocenters. The summed E-state index contributed by atoms with van der Waals surface area (Å²) in [4.78, 5) is 15.1. The molecule has 0 aliphatic heterocycles. The van der Waals surface area contributed by atoms with Crippen molar-refractivity contribution in [2.75, 3.05) is 0 Å². The van der Waals surface area contributed by atoms with Gasteiger partial charge in [0.2, 0.25) is 11.7 Å². The first-order chi connectivity index (χ1) is 22.1. The molecular formula is C31H24Cl2N8O2S2. The molecule has 0 bridgehead atoms. The van der Waals surface area contributed by atoms with Crippen molar-refractivity contribution in [2.24, 2.45) is 0 Å². The molecule has 0 unspecified atom stereocenters. The zero-order chi connectivity index (χ0) is 30.3. The number of halogens is 2. The normalized spacial score (nSPS) is 14.7. The van der Waals surface area contributed by atoms with Crippen LogP contribution in [0.3, 0.4) is 0 Å². The predicted octanol–water partition coefficient (Wildman–Crippen LogP) is 8.54. The fourth-order valence-electron chi connectivity index (χ4n) is 5.00. The van der Waals surface area contributed by atoms with Crippen LogP contribution in [0.5, 0.6) is 0 Å². The third-order valence-electron chi connectivity index (χ3n) is 7.49. The molecule has 2 saturated carbocycles. The largest absolute Gasteiger partial charge is 0.338 e. The highest BCUT2D eigenvalue weighted by atomic mass is 35.5. The van der Waals surface area contributed by atoms with Crippen LogP contribution in [0.25, 0.3) is 34.4 Å². The Balaban J connectivity index is 0.990. The molecule has 226 valence electrons. The number of aromatic nitrogens is 8. The number of thioether (sulfide) groups is 2. The van der Waals surface area contributed by atoms with Gasteiger partial charge in [-0.1, -0.05) is 63.5 Å². The summed E-state index contributed by atoms with van der Waals surface area (Å²) in [5.74, 6) is 4.44. The Kier molecular flexibility index (Phi) is 7.82. The lowest BCUT2D eigenvalue weighted by atomic mass is 10.1. The van der Waals surface area contributed by atoms with Crippen LogP contribution in [0.15, 0.2) is 79.9 Å². The van der Waals surface area contributed by atoms with E-state index in [1.54, 1.807) is 11.8 Å². The molecule has 2 aromatic carbocycles. The fraction of sp³-hybridized carbons (Fsp3) is 0.258. The number of hydrogen-bond donors (Lipinski definition) is 0. The Morgan fingerprint density at radius 1 is 0.822 bits per heavy atom. The molecule has 4 heterocycles. The van der Waals surface area contributed by atoms with Gasteiger partial charge in [0.15, 0.2) is 16.8 Å². The molecule has 45 heavy (non-hydrogen) atoms. The Morgan fingerprint density at radius 2 is 1.62 bits per heavy atom. The zero-order valence-corrected chi connectivity index (χ0v) is 26.8. The molecule has 0 saturated heterocycles. The Hall–Kier alpha value is -3.71. The van der Waals surface area contributed by atoms with Crippen LogP contribution in [-0.4, -0.2) is 40.0 Å². The number of pyridine rings is 1. The maximum absolute atomic E-state index is 6.13. The second kappa shape index (κ2) is 12.2. The van der Waals surface area contributed by atoms with Crippen molar-refractivity contribution in [3.63, 3.8) is 0 Å². The van der Waals surface area contributed by atoms with Gasteiger partial charge in [-0.2, -0.15) is 9.97 Å². The number of benzene rings is 2. The van der Waals surface area contributed by atoms with E-state index in [9.17, 15) is 0 Å². The van der Waals surface area contributed by atoms with E-state index in [-0.39, 0.29) is 0 Å². The summed E-state index contributed by atoms with van der Waals surface area (Å²) in [6.45, 7) is 0. The minimum absolute atomic E-state index is 0.356. The highest BCUT2D eigenvalue weighted by Gasteiger charge is 2.32. The van der Waals surface area contributed by atoms with E-state index in [2.05, 4.69) is 41.1 Å². The molecule has 14 heteroatoms. The summed E-state index contributed by atoms with van der Waals surface area (Å²) < 4.78 is 13.2. The topological polar surface area (TPSA) is 121 Å². The van der Waals surface area contributed by atoms with E-state index in [0.717, 1.165) is 58.4 Å². The second-order valence-corrected chi connectivity index (χ2v) is 13.7. The molecule has 10 nitrogen and oxygen atoms in total. The summed E-state index contributed by atoms with van der Waals surface area (Å²) in [6, 6.07) is 17.3. The maximum atomic E-state index is 6.13. The third-order valence-corrected chi connectivity index (χ3v) is 9.95. The maximum Gasteiger partial charge on any atom is 0.258 e. The Bertz CT molecular complexity index is 2000. The van der Waals surface area contributed by atoms with Crippen LogP contribution >= 0.6 is 46.7 Å². The van der Waals surface area contributed by atoms with E-state index < -0.39 is 0 Å². The summed E-state index contributed by atoms with van der Waals surface area (Å²) in [6.07, 6.45) is 6.44. The predicted molar refractivity (Wildman–Crippen MR) is 172 cm³/mol. The van der Waals surface area contributed by atoms with Crippen LogP contribution in [0.4, 0.5) is 0 Å². The Labute approximate surface area is 276 Å². The minimum atomic E-state index is 0.356. The number of hydrogen-bond acceptors (Lipinski definition) is 11. The van der Waals surface area contributed by atoms with Crippen LogP contribution < -0.4 is 0 Å². The second-order valence-electron chi connectivity index (χ2n) is 10.9. The molecule has 2 aliphatic carbocycles. The quantitative estimate of drug-likeness (QED) is 0.123. The molecule has 2 aliphatic rings. The smallest absolute Gasteiger partial charge is 0.258 e. The zero-order valence-electron chi connectivity index (χ0n) is 23.6. The summed E-state index contributed by atoms with van der Waals surface area (Å²) in [5.41, 5.74) is 3.72. The molecule has 2 fully saturated rings. The summed E-state index contributed by atoms with van der Waals surface area (Å²) in [5, 5.41) is 19.5. The van der Waals surface area contributed by atoms with E-state index in [1.807, 2.05) is 54.7 Å². The van der Waals surface area contributed by atoms with Gasteiger partial charge in [0.1, 0.15) is 5.69 Å². The Morgan fingerprint density at radius 3 is 2.40 bits per heavy atom. The van der Waals surface area contributed by atoms with Crippen LogP contribution in [0.2, 0.25) is 10.0 Å². The summed E-state index contributed by atoms with van der Waals surface area (Å²) in [7, 11) is 0. The molecule has 0 amide bonds. The molecule has 8 rings (SSSR count). The number of rotatable bonds is 11. The highest BCUT2D eigenvalue weighted by molar-refractivity contribution is 7.98. The van der Waals surface area contributed by atoms with Crippen LogP contribution in [-0.2, 0) is 11.5 Å². The van der Waals surface area contributed by atoms with Gasteiger partial charge in [0.05, 0.1) is 11.5 Å². The molecule has 6 aromatic rings. The van der Waals surface area contributed by atoms with Crippen molar-refractivity contribution in [3.8, 4) is 34.4 Å². The van der Waals surface area contributed by atoms with Gasteiger partial charge in [-0.15, -0.1) is 22.0 Å². The fourth-order valence-corrected chi connectivity index (χ4v) is 7.15. The van der Waals surface area contributed by atoms with Gasteiger partial charge in [-0.25, -0.2) is 0 Å². The SMILES string of the molecule is Clc1cccc(-c2noc(CSc3nnc(-c4cc(C5CC5)c(SCc5noc(-c6cccc(Cl)c6)n5)cn4)n3C3CC3)n2)c1. The van der Waals surface area contributed by atoms with Gasteiger partial charge < -0.3 is 9.05 Å². The molecule has 0 radical (unpaired) electrons. The summed E-state index contributed by atoms with van der Waals surface area (Å²) >= 11 is 15.5. The van der Waals surface area contributed by atoms with Gasteiger partial charge >= 0.3 is 0 Å². The lowest BCUT2D eigenvalue weighted by Crippen LogP contribution is -2.02. The van der Waals surface area contributed by atoms with Gasteiger partial charge in [0, 0.05) is 38.3 Å². The van der Waals surface area contributed by atoms with E-state index in [0.29, 0.717) is 56.9 Å². The first-order valence-electron chi connectivity index (χ1n) is 14.5. The average Bonchev–Trinajstić information content (AvgIpc) is 3.93. The monoisotopic (exact) mass is 674 g/mol. The van der Waals surface area contributed by atoms with E-state index in [1.165, 1.54) is 17.3 Å². The molecule has 0 spiro atoms. The standard InChI is InChI=1S/C31H24Cl2N8O2S2/c32-20-5-1-3-18(11-20)28-36-27(42-40-28)16-45-31-38-37-29(41(31)22-9-10-22)24-13-23(17-7-8-17)25(14-34-24)44-15-26-35-30(43-39-26)19-4-2-6-21(33)12-19/h1-6,11-14,17,22H,7-10,15-16H2. The first-order valence-corrected chi connectivity index (χ1v) is 17.2. The van der Waals surface area contributed by atoms with Crippen molar-refractivity contribution >= 4 is 46.7 Å².